The lowest BCUT2D eigenvalue weighted by Crippen LogP contribution is -2.19. The molecule has 2 aromatic carbocycles. The van der Waals surface area contributed by atoms with Crippen molar-refractivity contribution in [3.05, 3.63) is 68.2 Å². The van der Waals surface area contributed by atoms with Gasteiger partial charge in [0, 0.05) is 21.1 Å². The Morgan fingerprint density at radius 2 is 1.65 bits per heavy atom. The molecule has 1 atom stereocenters. The summed E-state index contributed by atoms with van der Waals surface area (Å²) >= 11 is 18.8. The molecular formula is C16H16Cl3N. The topological polar surface area (TPSA) is 12.0 Å². The van der Waals surface area contributed by atoms with Crippen LogP contribution in [0.3, 0.4) is 0 Å². The van der Waals surface area contributed by atoms with E-state index in [1.54, 1.807) is 0 Å². The van der Waals surface area contributed by atoms with E-state index < -0.39 is 0 Å². The maximum absolute atomic E-state index is 6.34. The van der Waals surface area contributed by atoms with Crippen LogP contribution in [0, 0.1) is 6.92 Å². The fraction of sp³-hybridized carbons (Fsp3) is 0.250. The lowest BCUT2D eigenvalue weighted by molar-refractivity contribution is 0.592. The van der Waals surface area contributed by atoms with Gasteiger partial charge >= 0.3 is 0 Å². The lowest BCUT2D eigenvalue weighted by atomic mass is 9.98. The van der Waals surface area contributed by atoms with E-state index in [4.69, 9.17) is 34.8 Å². The third kappa shape index (κ3) is 3.48. The van der Waals surface area contributed by atoms with Gasteiger partial charge in [0.05, 0.1) is 0 Å². The van der Waals surface area contributed by atoms with E-state index in [2.05, 4.69) is 11.4 Å². The molecule has 1 nitrogen and oxygen atoms in total. The molecule has 0 amide bonds. The van der Waals surface area contributed by atoms with E-state index >= 15 is 0 Å². The fourth-order valence-corrected chi connectivity index (χ4v) is 3.13. The van der Waals surface area contributed by atoms with Crippen molar-refractivity contribution in [3.8, 4) is 0 Å². The average Bonchev–Trinajstić information content (AvgIpc) is 2.40. The molecule has 2 rings (SSSR count). The van der Waals surface area contributed by atoms with Crippen molar-refractivity contribution in [1.82, 2.24) is 5.32 Å². The number of benzene rings is 2. The van der Waals surface area contributed by atoms with E-state index in [9.17, 15) is 0 Å². The third-order valence-corrected chi connectivity index (χ3v) is 4.39. The molecule has 0 fully saturated rings. The van der Waals surface area contributed by atoms with Gasteiger partial charge in [-0.15, -0.1) is 0 Å². The molecule has 4 heteroatoms. The average molecular weight is 329 g/mol. The van der Waals surface area contributed by atoms with Crippen LogP contribution in [0.4, 0.5) is 0 Å². The molecular weight excluding hydrogens is 313 g/mol. The summed E-state index contributed by atoms with van der Waals surface area (Å²) in [6.07, 6.45) is 0.692. The van der Waals surface area contributed by atoms with Gasteiger partial charge in [0.1, 0.15) is 0 Å². The van der Waals surface area contributed by atoms with E-state index in [0.717, 1.165) is 21.7 Å². The molecule has 1 N–H and O–H groups in total. The zero-order chi connectivity index (χ0) is 14.7. The molecule has 106 valence electrons. The molecule has 0 aliphatic heterocycles. The number of aryl methyl sites for hydroxylation is 1. The normalized spacial score (nSPS) is 12.4. The second-order valence-electron chi connectivity index (χ2n) is 4.77. The zero-order valence-electron chi connectivity index (χ0n) is 11.4. The second-order valence-corrected chi connectivity index (χ2v) is 5.99. The minimum atomic E-state index is 0.0699. The molecule has 0 radical (unpaired) electrons. The van der Waals surface area contributed by atoms with Gasteiger partial charge in [0.15, 0.2) is 0 Å². The summed E-state index contributed by atoms with van der Waals surface area (Å²) in [4.78, 5) is 0. The van der Waals surface area contributed by atoms with Gasteiger partial charge in [0.25, 0.3) is 0 Å². The molecule has 0 aliphatic carbocycles. The van der Waals surface area contributed by atoms with E-state index in [1.807, 2.05) is 44.3 Å². The van der Waals surface area contributed by atoms with Crippen molar-refractivity contribution >= 4 is 34.8 Å². The second kappa shape index (κ2) is 6.82. The quantitative estimate of drug-likeness (QED) is 0.786. The smallest absolute Gasteiger partial charge is 0.0456 e. The number of rotatable bonds is 4. The molecule has 1 unspecified atom stereocenters. The van der Waals surface area contributed by atoms with E-state index in [0.29, 0.717) is 16.5 Å². The van der Waals surface area contributed by atoms with Crippen molar-refractivity contribution in [3.63, 3.8) is 0 Å². The van der Waals surface area contributed by atoms with Gasteiger partial charge in [-0.3, -0.25) is 0 Å². The SMILES string of the molecule is CNC(Cc1c(Cl)cccc1Cl)c1ccc(C)cc1Cl. The first-order valence-corrected chi connectivity index (χ1v) is 7.52. The van der Waals surface area contributed by atoms with Crippen molar-refractivity contribution in [2.45, 2.75) is 19.4 Å². The summed E-state index contributed by atoms with van der Waals surface area (Å²) in [5.41, 5.74) is 3.13. The van der Waals surface area contributed by atoms with Gasteiger partial charge in [-0.25, -0.2) is 0 Å². The summed E-state index contributed by atoms with van der Waals surface area (Å²) in [5.74, 6) is 0. The lowest BCUT2D eigenvalue weighted by Gasteiger charge is -2.20. The van der Waals surface area contributed by atoms with Crippen molar-refractivity contribution in [2.75, 3.05) is 7.05 Å². The van der Waals surface area contributed by atoms with E-state index in [1.165, 1.54) is 0 Å². The summed E-state index contributed by atoms with van der Waals surface area (Å²) in [6.45, 7) is 2.02. The fourth-order valence-electron chi connectivity index (χ4n) is 2.21. The summed E-state index contributed by atoms with van der Waals surface area (Å²) < 4.78 is 0. The Bertz CT molecular complexity index is 590. The summed E-state index contributed by atoms with van der Waals surface area (Å²) in [7, 11) is 1.91. The summed E-state index contributed by atoms with van der Waals surface area (Å²) in [5, 5.41) is 5.40. The predicted octanol–water partition coefficient (Wildman–Crippen LogP) is 5.46. The van der Waals surface area contributed by atoms with Crippen LogP contribution < -0.4 is 5.32 Å². The first-order valence-electron chi connectivity index (χ1n) is 6.39. The van der Waals surface area contributed by atoms with Crippen molar-refractivity contribution in [1.29, 1.82) is 0 Å². The molecule has 0 heterocycles. The minimum Gasteiger partial charge on any atom is -0.313 e. The number of hydrogen-bond acceptors (Lipinski definition) is 1. The van der Waals surface area contributed by atoms with Gasteiger partial charge in [-0.1, -0.05) is 53.0 Å². The molecule has 0 bridgehead atoms. The first kappa shape index (κ1) is 15.7. The first-order chi connectivity index (χ1) is 9.52. The van der Waals surface area contributed by atoms with Gasteiger partial charge in [-0.05, 0) is 55.3 Å². The summed E-state index contributed by atoms with van der Waals surface area (Å²) in [6, 6.07) is 11.7. The minimum absolute atomic E-state index is 0.0699. The zero-order valence-corrected chi connectivity index (χ0v) is 13.7. The van der Waals surface area contributed by atoms with Crippen LogP contribution in [0.25, 0.3) is 0 Å². The number of likely N-dealkylation sites (N-methyl/N-ethyl adjacent to an activating group) is 1. The molecule has 0 aliphatic rings. The van der Waals surface area contributed by atoms with Gasteiger partial charge < -0.3 is 5.32 Å². The standard InChI is InChI=1S/C16H16Cl3N/c1-10-6-7-11(15(19)8-10)16(20-2)9-12-13(17)4-3-5-14(12)18/h3-8,16,20H,9H2,1-2H3. The monoisotopic (exact) mass is 327 g/mol. The highest BCUT2D eigenvalue weighted by Crippen LogP contribution is 2.32. The Morgan fingerprint density at radius 3 is 2.20 bits per heavy atom. The Kier molecular flexibility index (Phi) is 5.34. The maximum atomic E-state index is 6.34. The van der Waals surface area contributed by atoms with E-state index in [-0.39, 0.29) is 6.04 Å². The van der Waals surface area contributed by atoms with Crippen LogP contribution >= 0.6 is 34.8 Å². The molecule has 0 saturated heterocycles. The highest BCUT2D eigenvalue weighted by atomic mass is 35.5. The molecule has 2 aromatic rings. The molecule has 0 saturated carbocycles. The van der Waals surface area contributed by atoms with Crippen LogP contribution in [-0.2, 0) is 6.42 Å². The van der Waals surface area contributed by atoms with Crippen LogP contribution in [0.2, 0.25) is 15.1 Å². The number of halogens is 3. The molecule has 0 spiro atoms. The largest absolute Gasteiger partial charge is 0.313 e. The molecule has 0 aromatic heterocycles. The van der Waals surface area contributed by atoms with Crippen molar-refractivity contribution < 1.29 is 0 Å². The predicted molar refractivity (Wildman–Crippen MR) is 88.2 cm³/mol. The Balaban J connectivity index is 2.34. The van der Waals surface area contributed by atoms with Crippen LogP contribution in [0.5, 0.6) is 0 Å². The van der Waals surface area contributed by atoms with Crippen LogP contribution in [0.15, 0.2) is 36.4 Å². The van der Waals surface area contributed by atoms with Gasteiger partial charge in [0.2, 0.25) is 0 Å². The highest BCUT2D eigenvalue weighted by molar-refractivity contribution is 6.36. The third-order valence-electron chi connectivity index (χ3n) is 3.35. The van der Waals surface area contributed by atoms with Crippen LogP contribution in [0.1, 0.15) is 22.7 Å². The molecule has 20 heavy (non-hydrogen) atoms. The Hall–Kier alpha value is -0.730. The van der Waals surface area contributed by atoms with Crippen molar-refractivity contribution in [2.24, 2.45) is 0 Å². The number of hydrogen-bond donors (Lipinski definition) is 1. The number of nitrogens with one attached hydrogen (secondary N) is 1. The Labute approximate surface area is 134 Å². The van der Waals surface area contributed by atoms with Gasteiger partial charge in [-0.2, -0.15) is 0 Å². The van der Waals surface area contributed by atoms with Crippen LogP contribution in [-0.4, -0.2) is 7.05 Å². The maximum Gasteiger partial charge on any atom is 0.0456 e. The Morgan fingerprint density at radius 1 is 1.00 bits per heavy atom. The highest BCUT2D eigenvalue weighted by Gasteiger charge is 2.17.